The Morgan fingerprint density at radius 3 is 2.89 bits per heavy atom. The van der Waals surface area contributed by atoms with Crippen molar-refractivity contribution in [2.45, 2.75) is 39.2 Å². The van der Waals surface area contributed by atoms with E-state index >= 15 is 0 Å². The normalized spacial score (nSPS) is 21.4. The Morgan fingerprint density at radius 1 is 1.33 bits per heavy atom. The Labute approximate surface area is 160 Å². The third-order valence-electron chi connectivity index (χ3n) is 5.28. The fraction of sp³-hybridized carbons (Fsp3) is 0.737. The van der Waals surface area contributed by atoms with Crippen LogP contribution in [-0.4, -0.2) is 72.7 Å². The summed E-state index contributed by atoms with van der Waals surface area (Å²) in [5, 5.41) is 6.84. The Morgan fingerprint density at radius 2 is 2.15 bits per heavy atom. The number of hydrogen-bond donors (Lipinski definition) is 1. The lowest BCUT2D eigenvalue weighted by Gasteiger charge is -2.33. The molecule has 1 unspecified atom stereocenters. The van der Waals surface area contributed by atoms with Crippen LogP contribution in [0.1, 0.15) is 37.6 Å². The number of piperidine rings is 1. The molecule has 0 spiro atoms. The number of likely N-dealkylation sites (tertiary alicyclic amines) is 1. The van der Waals surface area contributed by atoms with Crippen LogP contribution in [0.2, 0.25) is 0 Å². The van der Waals surface area contributed by atoms with Crippen LogP contribution < -0.4 is 5.32 Å². The Balaban J connectivity index is 1.41. The second kappa shape index (κ2) is 9.85. The highest BCUT2D eigenvalue weighted by atomic mass is 16.5. The summed E-state index contributed by atoms with van der Waals surface area (Å²) < 4.78 is 10.6. The van der Waals surface area contributed by atoms with Gasteiger partial charge in [0, 0.05) is 45.2 Å². The average Bonchev–Trinajstić information content (AvgIpc) is 3.16. The van der Waals surface area contributed by atoms with Crippen molar-refractivity contribution in [2.75, 3.05) is 45.9 Å². The topological polar surface area (TPSA) is 87.9 Å². The molecule has 2 saturated heterocycles. The van der Waals surface area contributed by atoms with Gasteiger partial charge in [-0.25, -0.2) is 0 Å². The summed E-state index contributed by atoms with van der Waals surface area (Å²) in [5.41, 5.74) is 0.883. The van der Waals surface area contributed by atoms with Gasteiger partial charge in [-0.1, -0.05) is 12.1 Å². The third kappa shape index (κ3) is 5.77. The maximum Gasteiger partial charge on any atom is 0.225 e. The van der Waals surface area contributed by atoms with E-state index in [0.717, 1.165) is 51.4 Å². The van der Waals surface area contributed by atoms with Crippen molar-refractivity contribution >= 4 is 11.8 Å². The molecule has 2 aliphatic heterocycles. The average molecular weight is 378 g/mol. The van der Waals surface area contributed by atoms with E-state index in [9.17, 15) is 9.59 Å². The van der Waals surface area contributed by atoms with Crippen molar-refractivity contribution in [1.29, 1.82) is 0 Å². The molecule has 8 heteroatoms. The molecule has 27 heavy (non-hydrogen) atoms. The molecular formula is C19H30N4O4. The SMILES string of the molecule is CCc1cc(CNC(=O)C2CCC(=O)N(CCCN3CCOCC3)C2)on1. The van der Waals surface area contributed by atoms with Crippen molar-refractivity contribution in [3.05, 3.63) is 17.5 Å². The lowest BCUT2D eigenvalue weighted by atomic mass is 9.96. The fourth-order valence-corrected chi connectivity index (χ4v) is 3.58. The third-order valence-corrected chi connectivity index (χ3v) is 5.28. The van der Waals surface area contributed by atoms with Crippen LogP contribution in [0.5, 0.6) is 0 Å². The first-order valence-electron chi connectivity index (χ1n) is 9.95. The molecule has 2 amide bonds. The van der Waals surface area contributed by atoms with Crippen LogP contribution in [0.3, 0.4) is 0 Å². The summed E-state index contributed by atoms with van der Waals surface area (Å²) in [6.07, 6.45) is 2.79. The molecule has 2 fully saturated rings. The molecule has 3 rings (SSSR count). The Kier molecular flexibility index (Phi) is 7.23. The minimum Gasteiger partial charge on any atom is -0.379 e. The molecule has 1 aromatic rings. The van der Waals surface area contributed by atoms with Crippen LogP contribution in [0, 0.1) is 5.92 Å². The summed E-state index contributed by atoms with van der Waals surface area (Å²) in [7, 11) is 0. The maximum absolute atomic E-state index is 12.5. The molecule has 1 aromatic heterocycles. The summed E-state index contributed by atoms with van der Waals surface area (Å²) in [6.45, 7) is 8.02. The first-order chi connectivity index (χ1) is 13.2. The van der Waals surface area contributed by atoms with Crippen molar-refractivity contribution in [3.8, 4) is 0 Å². The smallest absolute Gasteiger partial charge is 0.225 e. The number of nitrogens with one attached hydrogen (secondary N) is 1. The number of aromatic nitrogens is 1. The number of morpholine rings is 1. The zero-order valence-electron chi connectivity index (χ0n) is 16.1. The number of amides is 2. The highest BCUT2D eigenvalue weighted by Crippen LogP contribution is 2.18. The fourth-order valence-electron chi connectivity index (χ4n) is 3.58. The van der Waals surface area contributed by atoms with Gasteiger partial charge < -0.3 is 19.5 Å². The maximum atomic E-state index is 12.5. The lowest BCUT2D eigenvalue weighted by Crippen LogP contribution is -2.46. The summed E-state index contributed by atoms with van der Waals surface area (Å²) >= 11 is 0. The number of aryl methyl sites for hydroxylation is 1. The van der Waals surface area contributed by atoms with Gasteiger partial charge in [0.05, 0.1) is 31.4 Å². The summed E-state index contributed by atoms with van der Waals surface area (Å²) in [6, 6.07) is 1.86. The van der Waals surface area contributed by atoms with Gasteiger partial charge in [0.1, 0.15) is 0 Å². The molecule has 0 bridgehead atoms. The van der Waals surface area contributed by atoms with E-state index in [4.69, 9.17) is 9.26 Å². The summed E-state index contributed by atoms with van der Waals surface area (Å²) in [4.78, 5) is 28.9. The molecule has 150 valence electrons. The van der Waals surface area contributed by atoms with E-state index in [2.05, 4.69) is 15.4 Å². The van der Waals surface area contributed by atoms with E-state index in [1.165, 1.54) is 0 Å². The first kappa shape index (κ1) is 19.8. The van der Waals surface area contributed by atoms with Crippen LogP contribution in [-0.2, 0) is 27.3 Å². The zero-order chi connectivity index (χ0) is 19.1. The molecule has 0 radical (unpaired) electrons. The lowest BCUT2D eigenvalue weighted by molar-refractivity contribution is -0.138. The number of rotatable bonds is 8. The quantitative estimate of drug-likeness (QED) is 0.720. The minimum atomic E-state index is -0.153. The van der Waals surface area contributed by atoms with Gasteiger partial charge in [-0.05, 0) is 19.3 Å². The van der Waals surface area contributed by atoms with Gasteiger partial charge in [0.2, 0.25) is 11.8 Å². The highest BCUT2D eigenvalue weighted by Gasteiger charge is 2.30. The van der Waals surface area contributed by atoms with Crippen molar-refractivity contribution < 1.29 is 18.8 Å². The monoisotopic (exact) mass is 378 g/mol. The number of hydrogen-bond acceptors (Lipinski definition) is 6. The molecular weight excluding hydrogens is 348 g/mol. The largest absolute Gasteiger partial charge is 0.379 e. The molecule has 0 aromatic carbocycles. The number of carbonyl (C=O) groups excluding carboxylic acids is 2. The van der Waals surface area contributed by atoms with Crippen molar-refractivity contribution in [2.24, 2.45) is 5.92 Å². The van der Waals surface area contributed by atoms with E-state index < -0.39 is 0 Å². The zero-order valence-corrected chi connectivity index (χ0v) is 16.1. The van der Waals surface area contributed by atoms with Crippen molar-refractivity contribution in [1.82, 2.24) is 20.3 Å². The molecule has 1 atom stereocenters. The number of carbonyl (C=O) groups is 2. The van der Waals surface area contributed by atoms with Gasteiger partial charge in [-0.3, -0.25) is 14.5 Å². The predicted octanol–water partition coefficient (Wildman–Crippen LogP) is 0.814. The molecule has 0 aliphatic carbocycles. The number of ether oxygens (including phenoxy) is 1. The summed E-state index contributed by atoms with van der Waals surface area (Å²) in [5.74, 6) is 0.646. The minimum absolute atomic E-state index is 0.0184. The first-order valence-corrected chi connectivity index (χ1v) is 9.95. The van der Waals surface area contributed by atoms with E-state index in [1.807, 2.05) is 17.9 Å². The van der Waals surface area contributed by atoms with Crippen molar-refractivity contribution in [3.63, 3.8) is 0 Å². The van der Waals surface area contributed by atoms with Gasteiger partial charge >= 0.3 is 0 Å². The number of nitrogens with zero attached hydrogens (tertiary/aromatic N) is 3. The van der Waals surface area contributed by atoms with Crippen LogP contribution in [0.15, 0.2) is 10.6 Å². The van der Waals surface area contributed by atoms with Crippen LogP contribution in [0.25, 0.3) is 0 Å². The second-order valence-corrected chi connectivity index (χ2v) is 7.24. The molecule has 2 aliphatic rings. The Hall–Kier alpha value is -1.93. The molecule has 0 saturated carbocycles. The van der Waals surface area contributed by atoms with Gasteiger partial charge in [-0.15, -0.1) is 0 Å². The standard InChI is InChI=1S/C19H30N4O4/c1-2-16-12-17(27-21-16)13-20-19(25)15-4-5-18(24)23(14-15)7-3-6-22-8-10-26-11-9-22/h12,15H,2-11,13-14H2,1H3,(H,20,25). The molecule has 1 N–H and O–H groups in total. The second-order valence-electron chi connectivity index (χ2n) is 7.24. The van der Waals surface area contributed by atoms with Gasteiger partial charge in [0.15, 0.2) is 5.76 Å². The van der Waals surface area contributed by atoms with Crippen LogP contribution in [0.4, 0.5) is 0 Å². The van der Waals surface area contributed by atoms with Gasteiger partial charge in [0.25, 0.3) is 0 Å². The van der Waals surface area contributed by atoms with Gasteiger partial charge in [-0.2, -0.15) is 0 Å². The predicted molar refractivity (Wildman–Crippen MR) is 98.9 cm³/mol. The Bertz CT molecular complexity index is 627. The van der Waals surface area contributed by atoms with E-state index in [1.54, 1.807) is 0 Å². The van der Waals surface area contributed by atoms with E-state index in [0.29, 0.717) is 38.2 Å². The van der Waals surface area contributed by atoms with Crippen LogP contribution >= 0.6 is 0 Å². The molecule has 8 nitrogen and oxygen atoms in total. The van der Waals surface area contributed by atoms with E-state index in [-0.39, 0.29) is 17.7 Å². The highest BCUT2D eigenvalue weighted by molar-refractivity contribution is 5.83. The molecule has 3 heterocycles.